The van der Waals surface area contributed by atoms with Gasteiger partial charge in [0.05, 0.1) is 11.8 Å². The minimum Gasteiger partial charge on any atom is -0.360 e. The van der Waals surface area contributed by atoms with Crippen molar-refractivity contribution < 1.29 is 9.53 Å². The predicted molar refractivity (Wildman–Crippen MR) is 108 cm³/mol. The molecule has 2 N–H and O–H groups in total. The van der Waals surface area contributed by atoms with Gasteiger partial charge >= 0.3 is 0 Å². The lowest BCUT2D eigenvalue weighted by molar-refractivity contribution is -0.126. The fourth-order valence-electron chi connectivity index (χ4n) is 3.40. The van der Waals surface area contributed by atoms with E-state index < -0.39 is 6.10 Å². The number of rotatable bonds is 5. The minimum absolute atomic E-state index is 0.0335. The van der Waals surface area contributed by atoms with Gasteiger partial charge in [0, 0.05) is 11.5 Å². The van der Waals surface area contributed by atoms with E-state index in [0.717, 1.165) is 23.4 Å². The number of amides is 1. The molecule has 0 bridgehead atoms. The summed E-state index contributed by atoms with van der Waals surface area (Å²) in [5, 5.41) is 10.3. The average molecular weight is 376 g/mol. The van der Waals surface area contributed by atoms with E-state index in [1.807, 2.05) is 54.6 Å². The summed E-state index contributed by atoms with van der Waals surface area (Å²) in [5.41, 5.74) is 2.59. The average Bonchev–Trinajstić information content (AvgIpc) is 3.39. The summed E-state index contributed by atoms with van der Waals surface area (Å²) < 4.78 is 6.01. The maximum Gasteiger partial charge on any atom is 0.253 e. The first-order valence-electron chi connectivity index (χ1n) is 9.65. The van der Waals surface area contributed by atoms with Crippen LogP contribution in [0.5, 0.6) is 0 Å². The first kappa shape index (κ1) is 18.4. The Kier molecular flexibility index (Phi) is 5.21. The first-order chi connectivity index (χ1) is 13.6. The van der Waals surface area contributed by atoms with Crippen LogP contribution in [-0.4, -0.2) is 27.2 Å². The number of carbonyl (C=O) groups excluding carboxylic acids is 1. The van der Waals surface area contributed by atoms with Crippen LogP contribution in [-0.2, 0) is 9.53 Å². The molecule has 3 aromatic rings. The van der Waals surface area contributed by atoms with Gasteiger partial charge in [0.1, 0.15) is 11.9 Å². The van der Waals surface area contributed by atoms with E-state index >= 15 is 0 Å². The van der Waals surface area contributed by atoms with Crippen LogP contribution in [0.2, 0.25) is 0 Å². The van der Waals surface area contributed by atoms with Crippen LogP contribution in [0.1, 0.15) is 50.1 Å². The topological polar surface area (TPSA) is 79.9 Å². The molecule has 144 valence electrons. The highest BCUT2D eigenvalue weighted by Crippen LogP contribution is 2.34. The van der Waals surface area contributed by atoms with Gasteiger partial charge in [-0.25, -0.2) is 4.98 Å². The van der Waals surface area contributed by atoms with Crippen LogP contribution < -0.4 is 5.32 Å². The van der Waals surface area contributed by atoms with Gasteiger partial charge < -0.3 is 10.1 Å². The smallest absolute Gasteiger partial charge is 0.253 e. The second kappa shape index (κ2) is 7.94. The summed E-state index contributed by atoms with van der Waals surface area (Å²) >= 11 is 0. The van der Waals surface area contributed by atoms with E-state index in [4.69, 9.17) is 4.74 Å². The number of nitrogens with zero attached hydrogens (tertiary/aromatic N) is 2. The zero-order valence-electron chi connectivity index (χ0n) is 16.1. The molecule has 4 rings (SSSR count). The molecule has 2 aromatic carbocycles. The molecule has 0 spiro atoms. The first-order valence-corrected chi connectivity index (χ1v) is 9.65. The Bertz CT molecular complexity index is 952. The van der Waals surface area contributed by atoms with Crippen molar-refractivity contribution in [3.05, 3.63) is 66.0 Å². The number of hydrogen-bond donors (Lipinski definition) is 2. The number of aromatic amines is 1. The molecule has 2 heterocycles. The van der Waals surface area contributed by atoms with Crippen LogP contribution in [0.4, 0.5) is 5.69 Å². The van der Waals surface area contributed by atoms with Crippen LogP contribution in [0.3, 0.4) is 0 Å². The lowest BCUT2D eigenvalue weighted by atomic mass is 10.1. The van der Waals surface area contributed by atoms with E-state index in [1.165, 1.54) is 0 Å². The number of carbonyl (C=O) groups is 1. The number of hydrogen-bond acceptors (Lipinski definition) is 4. The number of anilines is 1. The highest BCUT2D eigenvalue weighted by molar-refractivity contribution is 5.97. The third kappa shape index (κ3) is 3.82. The van der Waals surface area contributed by atoms with Crippen molar-refractivity contribution in [1.82, 2.24) is 15.2 Å². The van der Waals surface area contributed by atoms with Crippen LogP contribution in [0.15, 0.2) is 54.6 Å². The number of H-pyrrole nitrogens is 1. The number of ether oxygens (including phenoxy) is 1. The Balaban J connectivity index is 1.48. The van der Waals surface area contributed by atoms with Gasteiger partial charge in [-0.05, 0) is 30.5 Å². The summed E-state index contributed by atoms with van der Waals surface area (Å²) in [6.07, 6.45) is 1.04. The fraction of sp³-hybridized carbons (Fsp3) is 0.318. The summed E-state index contributed by atoms with van der Waals surface area (Å²) in [6, 6.07) is 17.6. The van der Waals surface area contributed by atoms with Crippen molar-refractivity contribution in [2.45, 2.75) is 44.8 Å². The zero-order chi connectivity index (χ0) is 19.5. The van der Waals surface area contributed by atoms with Gasteiger partial charge in [0.2, 0.25) is 0 Å². The second-order valence-electron chi connectivity index (χ2n) is 7.34. The zero-order valence-corrected chi connectivity index (χ0v) is 16.1. The molecule has 1 aliphatic rings. The molecule has 1 amide bonds. The van der Waals surface area contributed by atoms with E-state index in [1.54, 1.807) is 0 Å². The Morgan fingerprint density at radius 1 is 1.11 bits per heavy atom. The van der Waals surface area contributed by atoms with Gasteiger partial charge in [0.15, 0.2) is 5.82 Å². The lowest BCUT2D eigenvalue weighted by Crippen LogP contribution is -2.27. The van der Waals surface area contributed by atoms with E-state index in [0.29, 0.717) is 17.9 Å². The fourth-order valence-corrected chi connectivity index (χ4v) is 3.40. The molecule has 2 atom stereocenters. The highest BCUT2D eigenvalue weighted by Gasteiger charge is 2.32. The molecular weight excluding hydrogens is 352 g/mol. The molecule has 6 heteroatoms. The standard InChI is InChI=1S/C22H24N4O2/c1-14(2)20-24-21(26-25-20)16-10-6-7-11-17(16)23-22(27)19-13-12-18(28-19)15-8-4-3-5-9-15/h3-11,14,18-19H,12-13H2,1-2H3,(H,23,27)(H,24,25,26)/t18-,19+/m0/s1. The number of aromatic nitrogens is 3. The normalized spacial score (nSPS) is 19.1. The highest BCUT2D eigenvalue weighted by atomic mass is 16.5. The van der Waals surface area contributed by atoms with Crippen LogP contribution in [0.25, 0.3) is 11.4 Å². The van der Waals surface area contributed by atoms with E-state index in [-0.39, 0.29) is 17.9 Å². The maximum atomic E-state index is 12.8. The van der Waals surface area contributed by atoms with E-state index in [9.17, 15) is 4.79 Å². The van der Waals surface area contributed by atoms with Gasteiger partial charge in [-0.15, -0.1) is 0 Å². The quantitative estimate of drug-likeness (QED) is 0.689. The molecule has 1 fully saturated rings. The monoisotopic (exact) mass is 376 g/mol. The predicted octanol–water partition coefficient (Wildman–Crippen LogP) is 4.45. The molecule has 6 nitrogen and oxygen atoms in total. The number of nitrogens with one attached hydrogen (secondary N) is 2. The van der Waals surface area contributed by atoms with Crippen molar-refractivity contribution in [2.24, 2.45) is 0 Å². The summed E-state index contributed by atoms with van der Waals surface area (Å²) in [7, 11) is 0. The Labute approximate surface area is 164 Å². The van der Waals surface area contributed by atoms with Gasteiger partial charge in [0.25, 0.3) is 5.91 Å². The molecule has 1 aliphatic heterocycles. The van der Waals surface area contributed by atoms with Crippen molar-refractivity contribution in [3.8, 4) is 11.4 Å². The number of para-hydroxylation sites is 1. The molecule has 28 heavy (non-hydrogen) atoms. The largest absolute Gasteiger partial charge is 0.360 e. The molecule has 0 aliphatic carbocycles. The van der Waals surface area contributed by atoms with Gasteiger partial charge in [-0.1, -0.05) is 56.3 Å². The molecular formula is C22H24N4O2. The van der Waals surface area contributed by atoms with Crippen molar-refractivity contribution >= 4 is 11.6 Å². The third-order valence-corrected chi connectivity index (χ3v) is 4.96. The Morgan fingerprint density at radius 3 is 2.61 bits per heavy atom. The Morgan fingerprint density at radius 2 is 1.86 bits per heavy atom. The molecule has 1 aromatic heterocycles. The van der Waals surface area contributed by atoms with Crippen LogP contribution in [0, 0.1) is 0 Å². The van der Waals surface area contributed by atoms with Gasteiger partial charge in [-0.3, -0.25) is 9.89 Å². The summed E-state index contributed by atoms with van der Waals surface area (Å²) in [6.45, 7) is 4.11. The van der Waals surface area contributed by atoms with E-state index in [2.05, 4.69) is 34.3 Å². The lowest BCUT2D eigenvalue weighted by Gasteiger charge is -2.15. The molecule has 0 saturated carbocycles. The SMILES string of the molecule is CC(C)c1nc(-c2ccccc2NC(=O)[C@H]2CC[C@@H](c3ccccc3)O2)n[nH]1. The van der Waals surface area contributed by atoms with Crippen molar-refractivity contribution in [1.29, 1.82) is 0 Å². The number of benzene rings is 2. The Hall–Kier alpha value is -2.99. The van der Waals surface area contributed by atoms with Crippen LogP contribution >= 0.6 is 0 Å². The third-order valence-electron chi connectivity index (χ3n) is 4.96. The van der Waals surface area contributed by atoms with Crippen molar-refractivity contribution in [3.63, 3.8) is 0 Å². The second-order valence-corrected chi connectivity index (χ2v) is 7.34. The van der Waals surface area contributed by atoms with Gasteiger partial charge in [-0.2, -0.15) is 5.10 Å². The molecule has 0 radical (unpaired) electrons. The van der Waals surface area contributed by atoms with Crippen molar-refractivity contribution in [2.75, 3.05) is 5.32 Å². The summed E-state index contributed by atoms with van der Waals surface area (Å²) in [4.78, 5) is 17.4. The minimum atomic E-state index is -0.461. The maximum absolute atomic E-state index is 12.8. The molecule has 1 saturated heterocycles. The summed E-state index contributed by atoms with van der Waals surface area (Å²) in [5.74, 6) is 1.52. The molecule has 0 unspecified atom stereocenters.